The normalized spacial score (nSPS) is 10.6. The number of nitrogens with one attached hydrogen (secondary N) is 1. The summed E-state index contributed by atoms with van der Waals surface area (Å²) in [6.45, 7) is 3.83. The number of benzene rings is 1. The maximum absolute atomic E-state index is 12.3. The number of amides is 1. The molecule has 0 unspecified atom stereocenters. The van der Waals surface area contributed by atoms with Crippen LogP contribution >= 0.6 is 11.3 Å². The van der Waals surface area contributed by atoms with Crippen LogP contribution in [0, 0.1) is 13.8 Å². The Morgan fingerprint density at radius 2 is 2.04 bits per heavy atom. The summed E-state index contributed by atoms with van der Waals surface area (Å²) in [6, 6.07) is 6.90. The molecule has 1 amide bonds. The number of thiazole rings is 1. The quantitative estimate of drug-likeness (QED) is 0.790. The molecule has 3 rings (SSSR count). The van der Waals surface area contributed by atoms with Gasteiger partial charge >= 0.3 is 6.01 Å². The molecule has 1 N–H and O–H groups in total. The molecular formula is C15H14N4O3S. The number of aryl methyl sites for hydroxylation is 2. The maximum Gasteiger partial charge on any atom is 0.322 e. The zero-order valence-corrected chi connectivity index (χ0v) is 13.6. The minimum Gasteiger partial charge on any atom is -0.496 e. The van der Waals surface area contributed by atoms with Crippen LogP contribution in [-0.4, -0.2) is 28.2 Å². The molecule has 0 radical (unpaired) electrons. The van der Waals surface area contributed by atoms with E-state index in [1.54, 1.807) is 35.6 Å². The number of carbonyl (C=O) groups excluding carboxylic acids is 1. The van der Waals surface area contributed by atoms with Crippen molar-refractivity contribution in [1.82, 2.24) is 15.2 Å². The number of rotatable bonds is 4. The molecule has 0 saturated heterocycles. The molecule has 2 heterocycles. The van der Waals surface area contributed by atoms with Gasteiger partial charge < -0.3 is 9.15 Å². The summed E-state index contributed by atoms with van der Waals surface area (Å²) in [5, 5.41) is 11.2. The number of ether oxygens (including phenoxy) is 1. The molecule has 0 aliphatic carbocycles. The molecule has 2 aromatic heterocycles. The van der Waals surface area contributed by atoms with Crippen LogP contribution in [0.1, 0.15) is 20.2 Å². The van der Waals surface area contributed by atoms with E-state index in [1.807, 2.05) is 13.8 Å². The number of para-hydroxylation sites is 1. The van der Waals surface area contributed by atoms with Crippen LogP contribution in [-0.2, 0) is 0 Å². The first-order valence-corrected chi connectivity index (χ1v) is 7.62. The Balaban J connectivity index is 1.82. The second kappa shape index (κ2) is 6.17. The molecular weight excluding hydrogens is 316 g/mol. The molecule has 0 spiro atoms. The van der Waals surface area contributed by atoms with Gasteiger partial charge in [0.15, 0.2) is 0 Å². The molecule has 0 aliphatic heterocycles. The predicted octanol–water partition coefficient (Wildman–Crippen LogP) is 3.07. The van der Waals surface area contributed by atoms with Gasteiger partial charge in [-0.3, -0.25) is 10.1 Å². The van der Waals surface area contributed by atoms with Crippen LogP contribution in [0.2, 0.25) is 0 Å². The number of nitrogens with zero attached hydrogens (tertiary/aromatic N) is 3. The summed E-state index contributed by atoms with van der Waals surface area (Å²) in [7, 11) is 1.50. The fraction of sp³-hybridized carbons (Fsp3) is 0.200. The molecule has 0 aliphatic rings. The van der Waals surface area contributed by atoms with Gasteiger partial charge in [-0.25, -0.2) is 4.98 Å². The van der Waals surface area contributed by atoms with Crippen molar-refractivity contribution < 1.29 is 13.9 Å². The Morgan fingerprint density at radius 1 is 1.26 bits per heavy atom. The topological polar surface area (TPSA) is 90.1 Å². The highest BCUT2D eigenvalue weighted by atomic mass is 32.1. The second-order valence-corrected chi connectivity index (χ2v) is 6.11. The molecule has 0 saturated carbocycles. The van der Waals surface area contributed by atoms with Crippen molar-refractivity contribution in [1.29, 1.82) is 0 Å². The number of aromatic nitrogens is 3. The van der Waals surface area contributed by atoms with Crippen molar-refractivity contribution in [3.05, 3.63) is 39.7 Å². The van der Waals surface area contributed by atoms with E-state index in [0.29, 0.717) is 17.0 Å². The number of hydrogen-bond donors (Lipinski definition) is 1. The highest BCUT2D eigenvalue weighted by Gasteiger charge is 2.18. The Hall–Kier alpha value is -2.74. The van der Waals surface area contributed by atoms with Gasteiger partial charge in [-0.05, 0) is 26.0 Å². The van der Waals surface area contributed by atoms with Crippen molar-refractivity contribution in [3.63, 3.8) is 0 Å². The van der Waals surface area contributed by atoms with E-state index in [9.17, 15) is 4.79 Å². The van der Waals surface area contributed by atoms with Crippen LogP contribution in [0.5, 0.6) is 5.75 Å². The average Bonchev–Trinajstić information content (AvgIpc) is 3.13. The third-order valence-electron chi connectivity index (χ3n) is 3.10. The summed E-state index contributed by atoms with van der Waals surface area (Å²) >= 11 is 1.55. The molecule has 0 bridgehead atoms. The number of anilines is 1. The molecule has 7 nitrogen and oxygen atoms in total. The molecule has 0 fully saturated rings. The molecule has 118 valence electrons. The summed E-state index contributed by atoms with van der Waals surface area (Å²) in [6.07, 6.45) is 0. The van der Waals surface area contributed by atoms with Crippen molar-refractivity contribution in [2.75, 3.05) is 12.4 Å². The molecule has 23 heavy (non-hydrogen) atoms. The van der Waals surface area contributed by atoms with E-state index >= 15 is 0 Å². The summed E-state index contributed by atoms with van der Waals surface area (Å²) < 4.78 is 10.6. The van der Waals surface area contributed by atoms with Crippen molar-refractivity contribution >= 4 is 23.3 Å². The number of hydrogen-bond acceptors (Lipinski definition) is 7. The van der Waals surface area contributed by atoms with Crippen LogP contribution < -0.4 is 10.1 Å². The minimum absolute atomic E-state index is 0.0148. The van der Waals surface area contributed by atoms with Gasteiger partial charge in [-0.15, -0.1) is 16.4 Å². The monoisotopic (exact) mass is 330 g/mol. The van der Waals surface area contributed by atoms with E-state index in [4.69, 9.17) is 9.15 Å². The first-order chi connectivity index (χ1) is 11.1. The first-order valence-electron chi connectivity index (χ1n) is 6.80. The molecule has 3 aromatic rings. The fourth-order valence-corrected chi connectivity index (χ4v) is 2.90. The minimum atomic E-state index is -0.385. The first kappa shape index (κ1) is 15.2. The Morgan fingerprint density at radius 3 is 2.74 bits per heavy atom. The van der Waals surface area contributed by atoms with Crippen molar-refractivity contribution in [2.45, 2.75) is 13.8 Å². The smallest absolute Gasteiger partial charge is 0.322 e. The maximum atomic E-state index is 12.3. The molecule has 8 heteroatoms. The predicted molar refractivity (Wildman–Crippen MR) is 85.8 cm³/mol. The Labute approximate surface area is 136 Å². The van der Waals surface area contributed by atoms with Crippen LogP contribution in [0.3, 0.4) is 0 Å². The average molecular weight is 330 g/mol. The van der Waals surface area contributed by atoms with Gasteiger partial charge in [0.25, 0.3) is 11.8 Å². The largest absolute Gasteiger partial charge is 0.496 e. The van der Waals surface area contributed by atoms with E-state index in [0.717, 1.165) is 9.88 Å². The lowest BCUT2D eigenvalue weighted by atomic mass is 10.2. The highest BCUT2D eigenvalue weighted by Crippen LogP contribution is 2.27. The number of carbonyl (C=O) groups is 1. The van der Waals surface area contributed by atoms with Gasteiger partial charge in [-0.1, -0.05) is 17.2 Å². The lowest BCUT2D eigenvalue weighted by Gasteiger charge is -2.06. The second-order valence-electron chi connectivity index (χ2n) is 4.70. The Bertz CT molecular complexity index is 856. The van der Waals surface area contributed by atoms with Crippen LogP contribution in [0.25, 0.3) is 11.6 Å². The standard InChI is InChI=1S/C15H14N4O3S/c1-8-12(16-9(2)23-8)14-18-19-15(22-14)17-13(20)10-6-4-5-7-11(10)21-3/h4-7H,1-3H3,(H,17,19,20). The third-order valence-corrected chi connectivity index (χ3v) is 3.99. The van der Waals surface area contributed by atoms with Crippen molar-refractivity contribution in [2.24, 2.45) is 0 Å². The van der Waals surface area contributed by atoms with Crippen LogP contribution in [0.4, 0.5) is 6.01 Å². The summed E-state index contributed by atoms with van der Waals surface area (Å²) in [5.74, 6) is 0.363. The van der Waals surface area contributed by atoms with E-state index < -0.39 is 0 Å². The molecule has 1 aromatic carbocycles. The zero-order valence-electron chi connectivity index (χ0n) is 12.8. The fourth-order valence-electron chi connectivity index (χ4n) is 2.09. The van der Waals surface area contributed by atoms with Crippen LogP contribution in [0.15, 0.2) is 28.7 Å². The summed E-state index contributed by atoms with van der Waals surface area (Å²) in [5.41, 5.74) is 1.02. The van der Waals surface area contributed by atoms with Gasteiger partial charge in [0.05, 0.1) is 17.7 Å². The van der Waals surface area contributed by atoms with E-state index in [1.165, 1.54) is 7.11 Å². The van der Waals surface area contributed by atoms with E-state index in [-0.39, 0.29) is 17.8 Å². The molecule has 0 atom stereocenters. The van der Waals surface area contributed by atoms with Gasteiger partial charge in [0.1, 0.15) is 11.4 Å². The van der Waals surface area contributed by atoms with Gasteiger partial charge in [0, 0.05) is 4.88 Å². The zero-order chi connectivity index (χ0) is 16.4. The van der Waals surface area contributed by atoms with Gasteiger partial charge in [-0.2, -0.15) is 0 Å². The van der Waals surface area contributed by atoms with E-state index in [2.05, 4.69) is 20.5 Å². The Kier molecular flexibility index (Phi) is 4.07. The number of methoxy groups -OCH3 is 1. The highest BCUT2D eigenvalue weighted by molar-refractivity contribution is 7.11. The van der Waals surface area contributed by atoms with Crippen molar-refractivity contribution in [3.8, 4) is 17.3 Å². The lowest BCUT2D eigenvalue weighted by Crippen LogP contribution is -2.13. The van der Waals surface area contributed by atoms with Gasteiger partial charge in [0.2, 0.25) is 0 Å². The lowest BCUT2D eigenvalue weighted by molar-refractivity contribution is 0.102. The summed E-state index contributed by atoms with van der Waals surface area (Å²) in [4.78, 5) is 17.6. The SMILES string of the molecule is COc1ccccc1C(=O)Nc1nnc(-c2nc(C)sc2C)o1. The third kappa shape index (κ3) is 3.07.